The summed E-state index contributed by atoms with van der Waals surface area (Å²) in [6.45, 7) is 4.27. The Labute approximate surface area is 95.7 Å². The van der Waals surface area contributed by atoms with Crippen molar-refractivity contribution in [2.45, 2.75) is 37.5 Å². The molecule has 0 fully saturated rings. The van der Waals surface area contributed by atoms with Gasteiger partial charge in [0.25, 0.3) is 9.05 Å². The predicted octanol–water partition coefficient (Wildman–Crippen LogP) is 3.52. The maximum Gasteiger partial charge on any atom is 0.261 e. The summed E-state index contributed by atoms with van der Waals surface area (Å²) in [5.74, 6) is 0.460. The molecule has 0 aliphatic rings. The van der Waals surface area contributed by atoms with Gasteiger partial charge in [0.2, 0.25) is 0 Å². The van der Waals surface area contributed by atoms with E-state index in [1.54, 1.807) is 12.1 Å². The minimum absolute atomic E-state index is 0.164. The summed E-state index contributed by atoms with van der Waals surface area (Å²) in [6, 6.07) is 6.78. The molecule has 1 rings (SSSR count). The largest absolute Gasteiger partial charge is 0.261 e. The highest BCUT2D eigenvalue weighted by Gasteiger charge is 2.10. The first-order chi connectivity index (χ1) is 6.95. The molecule has 0 aromatic heterocycles. The molecule has 0 saturated heterocycles. The lowest BCUT2D eigenvalue weighted by Crippen LogP contribution is -1.95. The first kappa shape index (κ1) is 12.5. The SMILES string of the molecule is CCC[C@@H](C)c1ccc(S(=O)(=O)Cl)cc1. The molecule has 0 aliphatic carbocycles. The zero-order valence-corrected chi connectivity index (χ0v) is 10.5. The number of hydrogen-bond acceptors (Lipinski definition) is 2. The highest BCUT2D eigenvalue weighted by Crippen LogP contribution is 2.23. The molecule has 1 aromatic carbocycles. The van der Waals surface area contributed by atoms with Crippen LogP contribution in [0.2, 0.25) is 0 Å². The third-order valence-electron chi connectivity index (χ3n) is 2.45. The molecule has 84 valence electrons. The van der Waals surface area contributed by atoms with Crippen LogP contribution in [0.3, 0.4) is 0 Å². The Morgan fingerprint density at radius 2 is 1.80 bits per heavy atom. The van der Waals surface area contributed by atoms with Gasteiger partial charge in [-0.3, -0.25) is 0 Å². The lowest BCUT2D eigenvalue weighted by Gasteiger charge is -2.10. The van der Waals surface area contributed by atoms with Crippen LogP contribution in [0.15, 0.2) is 29.2 Å². The fourth-order valence-corrected chi connectivity index (χ4v) is 2.33. The third-order valence-corrected chi connectivity index (χ3v) is 3.82. The van der Waals surface area contributed by atoms with Crippen LogP contribution in [-0.4, -0.2) is 8.42 Å². The van der Waals surface area contributed by atoms with Gasteiger partial charge in [-0.05, 0) is 30.0 Å². The molecular formula is C11H15ClO2S. The Kier molecular flexibility index (Phi) is 4.17. The average Bonchev–Trinajstić information content (AvgIpc) is 2.17. The van der Waals surface area contributed by atoms with E-state index in [0.29, 0.717) is 5.92 Å². The Morgan fingerprint density at radius 1 is 1.27 bits per heavy atom. The minimum Gasteiger partial charge on any atom is -0.207 e. The van der Waals surface area contributed by atoms with E-state index < -0.39 is 9.05 Å². The molecule has 0 aliphatic heterocycles. The van der Waals surface area contributed by atoms with Gasteiger partial charge in [0.1, 0.15) is 0 Å². The van der Waals surface area contributed by atoms with Crippen LogP contribution in [0.25, 0.3) is 0 Å². The molecule has 1 aromatic rings. The van der Waals surface area contributed by atoms with Crippen LogP contribution < -0.4 is 0 Å². The summed E-state index contributed by atoms with van der Waals surface area (Å²) in [4.78, 5) is 0.164. The Bertz CT molecular complexity index is 409. The third kappa shape index (κ3) is 3.50. The van der Waals surface area contributed by atoms with E-state index in [1.807, 2.05) is 12.1 Å². The van der Waals surface area contributed by atoms with Crippen molar-refractivity contribution in [2.24, 2.45) is 0 Å². The normalized spacial score (nSPS) is 13.8. The van der Waals surface area contributed by atoms with Crippen molar-refractivity contribution >= 4 is 19.7 Å². The second-order valence-corrected chi connectivity index (χ2v) is 6.26. The molecule has 0 radical (unpaired) electrons. The maximum atomic E-state index is 11.0. The zero-order valence-electron chi connectivity index (χ0n) is 8.90. The molecule has 2 nitrogen and oxygen atoms in total. The monoisotopic (exact) mass is 246 g/mol. The quantitative estimate of drug-likeness (QED) is 0.762. The van der Waals surface area contributed by atoms with Gasteiger partial charge in [-0.1, -0.05) is 32.4 Å². The maximum absolute atomic E-state index is 11.0. The number of halogens is 1. The van der Waals surface area contributed by atoms with Gasteiger partial charge < -0.3 is 0 Å². The molecule has 0 amide bonds. The van der Waals surface area contributed by atoms with Crippen molar-refractivity contribution in [1.29, 1.82) is 0 Å². The van der Waals surface area contributed by atoms with E-state index in [1.165, 1.54) is 0 Å². The molecule has 1 atom stereocenters. The summed E-state index contributed by atoms with van der Waals surface area (Å²) >= 11 is 0. The van der Waals surface area contributed by atoms with E-state index in [0.717, 1.165) is 18.4 Å². The van der Waals surface area contributed by atoms with Gasteiger partial charge in [-0.2, -0.15) is 0 Å². The highest BCUT2D eigenvalue weighted by atomic mass is 35.7. The van der Waals surface area contributed by atoms with Crippen molar-refractivity contribution < 1.29 is 8.42 Å². The molecule has 0 N–H and O–H groups in total. The molecule has 0 heterocycles. The second kappa shape index (κ2) is 4.99. The molecule has 0 saturated carbocycles. The summed E-state index contributed by atoms with van der Waals surface area (Å²) < 4.78 is 22.0. The highest BCUT2D eigenvalue weighted by molar-refractivity contribution is 8.13. The van der Waals surface area contributed by atoms with E-state index in [-0.39, 0.29) is 4.90 Å². The summed E-state index contributed by atoms with van der Waals surface area (Å²) in [6.07, 6.45) is 2.23. The van der Waals surface area contributed by atoms with Crippen molar-refractivity contribution in [3.8, 4) is 0 Å². The van der Waals surface area contributed by atoms with Crippen LogP contribution in [0, 0.1) is 0 Å². The average molecular weight is 247 g/mol. The molecule has 4 heteroatoms. The van der Waals surface area contributed by atoms with Gasteiger partial charge in [0, 0.05) is 10.7 Å². The molecule has 15 heavy (non-hydrogen) atoms. The van der Waals surface area contributed by atoms with Crippen LogP contribution in [0.4, 0.5) is 0 Å². The predicted molar refractivity (Wildman–Crippen MR) is 62.8 cm³/mol. The standard InChI is InChI=1S/C11H15ClO2S/c1-3-4-9(2)10-5-7-11(8-6-10)15(12,13)14/h5-9H,3-4H2,1-2H3/t9-/m1/s1. The van der Waals surface area contributed by atoms with Crippen LogP contribution in [0.5, 0.6) is 0 Å². The first-order valence-electron chi connectivity index (χ1n) is 4.99. The van der Waals surface area contributed by atoms with E-state index in [2.05, 4.69) is 13.8 Å². The van der Waals surface area contributed by atoms with Gasteiger partial charge in [-0.15, -0.1) is 0 Å². The smallest absolute Gasteiger partial charge is 0.207 e. The van der Waals surface area contributed by atoms with Gasteiger partial charge in [0.15, 0.2) is 0 Å². The lowest BCUT2D eigenvalue weighted by molar-refractivity contribution is 0.609. The Morgan fingerprint density at radius 3 is 2.20 bits per heavy atom. The zero-order chi connectivity index (χ0) is 11.5. The number of hydrogen-bond donors (Lipinski definition) is 0. The van der Waals surface area contributed by atoms with E-state index in [9.17, 15) is 8.42 Å². The summed E-state index contributed by atoms with van der Waals surface area (Å²) in [7, 11) is 1.64. The topological polar surface area (TPSA) is 34.1 Å². The van der Waals surface area contributed by atoms with Gasteiger partial charge in [-0.25, -0.2) is 8.42 Å². The minimum atomic E-state index is -3.59. The Balaban J connectivity index is 2.90. The van der Waals surface area contributed by atoms with Gasteiger partial charge >= 0.3 is 0 Å². The molecule has 0 spiro atoms. The van der Waals surface area contributed by atoms with Crippen molar-refractivity contribution in [3.05, 3.63) is 29.8 Å². The lowest BCUT2D eigenvalue weighted by atomic mass is 9.97. The van der Waals surface area contributed by atoms with Crippen LogP contribution >= 0.6 is 10.7 Å². The molecular weight excluding hydrogens is 232 g/mol. The van der Waals surface area contributed by atoms with Crippen LogP contribution in [-0.2, 0) is 9.05 Å². The fourth-order valence-electron chi connectivity index (χ4n) is 1.56. The van der Waals surface area contributed by atoms with Crippen molar-refractivity contribution in [1.82, 2.24) is 0 Å². The van der Waals surface area contributed by atoms with Crippen LogP contribution in [0.1, 0.15) is 38.2 Å². The first-order valence-corrected chi connectivity index (χ1v) is 7.30. The number of rotatable bonds is 4. The number of benzene rings is 1. The molecule has 0 bridgehead atoms. The molecule has 0 unspecified atom stereocenters. The Hall–Kier alpha value is -0.540. The van der Waals surface area contributed by atoms with E-state index >= 15 is 0 Å². The van der Waals surface area contributed by atoms with Crippen molar-refractivity contribution in [2.75, 3.05) is 0 Å². The van der Waals surface area contributed by atoms with Crippen molar-refractivity contribution in [3.63, 3.8) is 0 Å². The fraction of sp³-hybridized carbons (Fsp3) is 0.455. The summed E-state index contributed by atoms with van der Waals surface area (Å²) in [5.41, 5.74) is 1.15. The van der Waals surface area contributed by atoms with Gasteiger partial charge in [0.05, 0.1) is 4.90 Å². The van der Waals surface area contributed by atoms with E-state index in [4.69, 9.17) is 10.7 Å². The summed E-state index contributed by atoms with van der Waals surface area (Å²) in [5, 5.41) is 0. The second-order valence-electron chi connectivity index (χ2n) is 3.70.